The van der Waals surface area contributed by atoms with Crippen LogP contribution in [-0.2, 0) is 16.1 Å². The SMILES string of the molecule is COCc1nnc(NC(=O)[C@@H](C)Oc2ccc(Cl)cc2C)s1. The Balaban J connectivity index is 1.96. The molecule has 22 heavy (non-hydrogen) atoms. The van der Waals surface area contributed by atoms with Crippen LogP contribution >= 0.6 is 22.9 Å². The molecule has 0 bridgehead atoms. The maximum atomic E-state index is 12.1. The fourth-order valence-electron chi connectivity index (χ4n) is 1.68. The molecule has 1 amide bonds. The zero-order chi connectivity index (χ0) is 16.1. The van der Waals surface area contributed by atoms with Crippen LogP contribution < -0.4 is 10.1 Å². The smallest absolute Gasteiger partial charge is 0.266 e. The van der Waals surface area contributed by atoms with Crippen LogP contribution in [0.25, 0.3) is 0 Å². The molecule has 0 radical (unpaired) electrons. The van der Waals surface area contributed by atoms with E-state index >= 15 is 0 Å². The summed E-state index contributed by atoms with van der Waals surface area (Å²) >= 11 is 7.15. The summed E-state index contributed by atoms with van der Waals surface area (Å²) in [6.07, 6.45) is -0.672. The molecule has 2 aromatic rings. The number of aryl methyl sites for hydroxylation is 1. The summed E-state index contributed by atoms with van der Waals surface area (Å²) in [5, 5.41) is 12.2. The van der Waals surface area contributed by atoms with Gasteiger partial charge in [-0.05, 0) is 37.6 Å². The fourth-order valence-corrected chi connectivity index (χ4v) is 2.62. The lowest BCUT2D eigenvalue weighted by Crippen LogP contribution is -2.30. The number of nitrogens with zero attached hydrogens (tertiary/aromatic N) is 2. The summed E-state index contributed by atoms with van der Waals surface area (Å²) in [5.74, 6) is 0.318. The Morgan fingerprint density at radius 3 is 2.91 bits per heavy atom. The van der Waals surface area contributed by atoms with Crippen LogP contribution in [0.2, 0.25) is 5.02 Å². The van der Waals surface area contributed by atoms with Gasteiger partial charge in [0.15, 0.2) is 6.10 Å². The van der Waals surface area contributed by atoms with Crippen molar-refractivity contribution >= 4 is 34.0 Å². The molecule has 0 fully saturated rings. The molecule has 1 aromatic carbocycles. The Kier molecular flexibility index (Phi) is 5.70. The van der Waals surface area contributed by atoms with E-state index in [1.54, 1.807) is 32.2 Å². The zero-order valence-corrected chi connectivity index (χ0v) is 14.0. The molecule has 0 saturated heterocycles. The first-order valence-corrected chi connectivity index (χ1v) is 7.74. The third kappa shape index (κ3) is 4.40. The molecule has 118 valence electrons. The van der Waals surface area contributed by atoms with Crippen molar-refractivity contribution in [2.75, 3.05) is 12.4 Å². The first kappa shape index (κ1) is 16.7. The summed E-state index contributed by atoms with van der Waals surface area (Å²) < 4.78 is 10.6. The van der Waals surface area contributed by atoms with Crippen LogP contribution in [0.5, 0.6) is 5.75 Å². The van der Waals surface area contributed by atoms with Gasteiger partial charge in [-0.3, -0.25) is 10.1 Å². The first-order valence-electron chi connectivity index (χ1n) is 6.54. The maximum absolute atomic E-state index is 12.1. The highest BCUT2D eigenvalue weighted by atomic mass is 35.5. The van der Waals surface area contributed by atoms with Crippen molar-refractivity contribution in [1.82, 2.24) is 10.2 Å². The van der Waals surface area contributed by atoms with Gasteiger partial charge in [0, 0.05) is 12.1 Å². The second-order valence-corrected chi connectivity index (χ2v) is 6.09. The van der Waals surface area contributed by atoms with E-state index in [0.29, 0.717) is 27.5 Å². The lowest BCUT2D eigenvalue weighted by atomic mass is 10.2. The third-order valence-corrected chi connectivity index (χ3v) is 3.82. The normalized spacial score (nSPS) is 12.0. The number of anilines is 1. The molecule has 0 aliphatic carbocycles. The van der Waals surface area contributed by atoms with Crippen molar-refractivity contribution in [3.63, 3.8) is 0 Å². The van der Waals surface area contributed by atoms with Gasteiger partial charge in [-0.1, -0.05) is 22.9 Å². The Bertz CT molecular complexity index is 663. The van der Waals surface area contributed by atoms with Gasteiger partial charge >= 0.3 is 0 Å². The van der Waals surface area contributed by atoms with Crippen molar-refractivity contribution in [3.05, 3.63) is 33.8 Å². The minimum atomic E-state index is -0.672. The molecule has 0 spiro atoms. The number of nitrogens with one attached hydrogen (secondary N) is 1. The molecule has 0 aliphatic rings. The van der Waals surface area contributed by atoms with Gasteiger partial charge in [-0.25, -0.2) is 0 Å². The Morgan fingerprint density at radius 1 is 1.45 bits per heavy atom. The predicted octanol–water partition coefficient (Wildman–Crippen LogP) is 3.05. The van der Waals surface area contributed by atoms with E-state index in [1.165, 1.54) is 11.3 Å². The van der Waals surface area contributed by atoms with Crippen molar-refractivity contribution in [1.29, 1.82) is 0 Å². The van der Waals surface area contributed by atoms with Gasteiger partial charge in [0.1, 0.15) is 17.4 Å². The van der Waals surface area contributed by atoms with E-state index in [9.17, 15) is 4.79 Å². The monoisotopic (exact) mass is 341 g/mol. The van der Waals surface area contributed by atoms with Crippen molar-refractivity contribution in [2.24, 2.45) is 0 Å². The average molecular weight is 342 g/mol. The molecule has 1 atom stereocenters. The molecule has 0 unspecified atom stereocenters. The molecular weight excluding hydrogens is 326 g/mol. The number of rotatable bonds is 6. The second kappa shape index (κ2) is 7.53. The molecule has 1 N–H and O–H groups in total. The highest BCUT2D eigenvalue weighted by Crippen LogP contribution is 2.23. The quantitative estimate of drug-likeness (QED) is 0.874. The van der Waals surface area contributed by atoms with Gasteiger partial charge in [0.25, 0.3) is 5.91 Å². The molecular formula is C14H16ClN3O3S. The maximum Gasteiger partial charge on any atom is 0.266 e. The number of ether oxygens (including phenoxy) is 2. The summed E-state index contributed by atoms with van der Waals surface area (Å²) in [7, 11) is 1.57. The zero-order valence-electron chi connectivity index (χ0n) is 12.4. The number of aromatic nitrogens is 2. The lowest BCUT2D eigenvalue weighted by Gasteiger charge is -2.15. The molecule has 8 heteroatoms. The van der Waals surface area contributed by atoms with E-state index in [1.807, 2.05) is 6.92 Å². The van der Waals surface area contributed by atoms with Gasteiger partial charge in [-0.2, -0.15) is 0 Å². The number of hydrogen-bond acceptors (Lipinski definition) is 6. The van der Waals surface area contributed by atoms with E-state index in [4.69, 9.17) is 21.1 Å². The van der Waals surface area contributed by atoms with Gasteiger partial charge in [0.2, 0.25) is 5.13 Å². The molecule has 1 aromatic heterocycles. The molecule has 0 aliphatic heterocycles. The number of halogens is 1. The van der Waals surface area contributed by atoms with E-state index in [2.05, 4.69) is 15.5 Å². The summed E-state index contributed by atoms with van der Waals surface area (Å²) in [6.45, 7) is 3.90. The third-order valence-electron chi connectivity index (χ3n) is 2.77. The highest BCUT2D eigenvalue weighted by molar-refractivity contribution is 7.15. The predicted molar refractivity (Wildman–Crippen MR) is 85.5 cm³/mol. The number of carbonyl (C=O) groups is 1. The van der Waals surface area contributed by atoms with Crippen molar-refractivity contribution < 1.29 is 14.3 Å². The van der Waals surface area contributed by atoms with Crippen LogP contribution in [-0.4, -0.2) is 29.3 Å². The number of benzene rings is 1. The van der Waals surface area contributed by atoms with Gasteiger partial charge < -0.3 is 9.47 Å². The van der Waals surface area contributed by atoms with E-state index in [0.717, 1.165) is 5.56 Å². The van der Waals surface area contributed by atoms with E-state index in [-0.39, 0.29) is 5.91 Å². The summed E-state index contributed by atoms with van der Waals surface area (Å²) in [4.78, 5) is 12.1. The second-order valence-electron chi connectivity index (χ2n) is 4.59. The summed E-state index contributed by atoms with van der Waals surface area (Å²) in [6, 6.07) is 5.24. The minimum Gasteiger partial charge on any atom is -0.481 e. The molecule has 0 saturated carbocycles. The Labute approximate surface area is 137 Å². The first-order chi connectivity index (χ1) is 10.5. The number of amides is 1. The standard InChI is InChI=1S/C14H16ClN3O3S/c1-8-6-10(15)4-5-11(8)21-9(2)13(19)16-14-18-17-12(22-14)7-20-3/h4-6,9H,7H2,1-3H3,(H,16,18,19)/t9-/m1/s1. The van der Waals surface area contributed by atoms with Crippen LogP contribution in [0.15, 0.2) is 18.2 Å². The minimum absolute atomic E-state index is 0.297. The topological polar surface area (TPSA) is 73.3 Å². The largest absolute Gasteiger partial charge is 0.481 e. The number of hydrogen-bond donors (Lipinski definition) is 1. The van der Waals surface area contributed by atoms with Gasteiger partial charge in [-0.15, -0.1) is 10.2 Å². The van der Waals surface area contributed by atoms with Gasteiger partial charge in [0.05, 0.1) is 0 Å². The van der Waals surface area contributed by atoms with Crippen LogP contribution in [0.3, 0.4) is 0 Å². The number of methoxy groups -OCH3 is 1. The summed E-state index contributed by atoms with van der Waals surface area (Å²) in [5.41, 5.74) is 0.866. The van der Waals surface area contributed by atoms with Crippen molar-refractivity contribution in [3.8, 4) is 5.75 Å². The molecule has 1 heterocycles. The Hall–Kier alpha value is -1.70. The Morgan fingerprint density at radius 2 is 2.23 bits per heavy atom. The van der Waals surface area contributed by atoms with Crippen LogP contribution in [0.4, 0.5) is 5.13 Å². The molecule has 6 nitrogen and oxygen atoms in total. The fraction of sp³-hybridized carbons (Fsp3) is 0.357. The van der Waals surface area contributed by atoms with E-state index < -0.39 is 6.10 Å². The number of carbonyl (C=O) groups excluding carboxylic acids is 1. The highest BCUT2D eigenvalue weighted by Gasteiger charge is 2.17. The lowest BCUT2D eigenvalue weighted by molar-refractivity contribution is -0.122. The average Bonchev–Trinajstić information content (AvgIpc) is 2.89. The van der Waals surface area contributed by atoms with Crippen LogP contribution in [0.1, 0.15) is 17.5 Å². The van der Waals surface area contributed by atoms with Crippen LogP contribution in [0, 0.1) is 6.92 Å². The van der Waals surface area contributed by atoms with Crippen molar-refractivity contribution in [2.45, 2.75) is 26.6 Å². The molecule has 2 rings (SSSR count).